The average Bonchev–Trinajstić information content (AvgIpc) is 3.17. The fourth-order valence-corrected chi connectivity index (χ4v) is 3.80. The second-order valence-electron chi connectivity index (χ2n) is 5.15. The first-order valence-corrected chi connectivity index (χ1v) is 7.97. The number of aromatic nitrogens is 1. The van der Waals surface area contributed by atoms with E-state index in [4.69, 9.17) is 4.74 Å². The molecule has 0 bridgehead atoms. The maximum atomic E-state index is 12.2. The van der Waals surface area contributed by atoms with Crippen molar-refractivity contribution in [3.63, 3.8) is 0 Å². The first-order valence-electron chi connectivity index (χ1n) is 6.49. The molecule has 20 heavy (non-hydrogen) atoms. The summed E-state index contributed by atoms with van der Waals surface area (Å²) >= 11 is 0. The van der Waals surface area contributed by atoms with Gasteiger partial charge in [-0.15, -0.1) is 0 Å². The van der Waals surface area contributed by atoms with E-state index in [1.807, 2.05) is 12.1 Å². The number of methoxy groups -OCH3 is 2. The molecule has 5 nitrogen and oxygen atoms in total. The summed E-state index contributed by atoms with van der Waals surface area (Å²) < 4.78 is 22.0. The van der Waals surface area contributed by atoms with E-state index in [-0.39, 0.29) is 11.4 Å². The molecular weight excluding hydrogens is 278 g/mol. The van der Waals surface area contributed by atoms with Crippen LogP contribution in [-0.4, -0.2) is 35.1 Å². The Kier molecular flexibility index (Phi) is 4.75. The molecule has 6 heteroatoms. The maximum Gasteiger partial charge on any atom is 0.306 e. The van der Waals surface area contributed by atoms with Crippen molar-refractivity contribution < 1.29 is 18.5 Å². The largest absolute Gasteiger partial charge is 0.481 e. The molecule has 1 aliphatic carbocycles. The van der Waals surface area contributed by atoms with Crippen LogP contribution in [0, 0.1) is 5.41 Å². The minimum absolute atomic E-state index is 0.114. The topological polar surface area (TPSA) is 65.5 Å². The monoisotopic (exact) mass is 297 g/mol. The highest BCUT2D eigenvalue weighted by molar-refractivity contribution is 7.84. The fourth-order valence-electron chi connectivity index (χ4n) is 2.14. The number of pyridine rings is 1. The van der Waals surface area contributed by atoms with E-state index in [1.54, 1.807) is 13.2 Å². The first-order chi connectivity index (χ1) is 9.57. The van der Waals surface area contributed by atoms with Crippen molar-refractivity contribution >= 4 is 16.8 Å². The molecule has 1 fully saturated rings. The molecule has 0 saturated heterocycles. The molecule has 0 aliphatic heterocycles. The minimum atomic E-state index is -1.03. The molecule has 0 aromatic carbocycles. The zero-order chi connectivity index (χ0) is 14.6. The Morgan fingerprint density at radius 1 is 1.40 bits per heavy atom. The summed E-state index contributed by atoms with van der Waals surface area (Å²) in [6.45, 7) is 0. The number of carbonyl (C=O) groups excluding carboxylic acids is 1. The number of hydrogen-bond acceptors (Lipinski definition) is 5. The normalized spacial score (nSPS) is 17.3. The lowest BCUT2D eigenvalue weighted by Gasteiger charge is -2.13. The van der Waals surface area contributed by atoms with Crippen LogP contribution in [0.15, 0.2) is 18.2 Å². The SMILES string of the molecule is COC(=O)CC1(CS(=O)Cc2cccc(OC)n2)CC1. The zero-order valence-electron chi connectivity index (χ0n) is 11.8. The Hall–Kier alpha value is -1.43. The van der Waals surface area contributed by atoms with E-state index in [1.165, 1.54) is 7.11 Å². The van der Waals surface area contributed by atoms with E-state index < -0.39 is 10.8 Å². The van der Waals surface area contributed by atoms with Crippen molar-refractivity contribution in [3.05, 3.63) is 23.9 Å². The molecule has 2 rings (SSSR count). The van der Waals surface area contributed by atoms with Crippen LogP contribution in [-0.2, 0) is 26.1 Å². The summed E-state index contributed by atoms with van der Waals surface area (Å²) in [6.07, 6.45) is 2.25. The molecule has 1 saturated carbocycles. The predicted molar refractivity (Wildman–Crippen MR) is 75.8 cm³/mol. The van der Waals surface area contributed by atoms with E-state index >= 15 is 0 Å². The number of nitrogens with zero attached hydrogens (tertiary/aromatic N) is 1. The second kappa shape index (κ2) is 6.35. The summed E-state index contributed by atoms with van der Waals surface area (Å²) in [5.74, 6) is 1.22. The van der Waals surface area contributed by atoms with Crippen molar-refractivity contribution in [2.75, 3.05) is 20.0 Å². The minimum Gasteiger partial charge on any atom is -0.481 e. The Labute approximate surface area is 121 Å². The first kappa shape index (κ1) is 15.0. The van der Waals surface area contributed by atoms with Crippen LogP contribution in [0.5, 0.6) is 5.88 Å². The van der Waals surface area contributed by atoms with Crippen LogP contribution in [0.4, 0.5) is 0 Å². The average molecular weight is 297 g/mol. The molecule has 1 aromatic heterocycles. The molecule has 0 radical (unpaired) electrons. The van der Waals surface area contributed by atoms with E-state index in [9.17, 15) is 9.00 Å². The van der Waals surface area contributed by atoms with Gasteiger partial charge < -0.3 is 9.47 Å². The summed E-state index contributed by atoms with van der Waals surface area (Å²) in [5, 5.41) is 0. The standard InChI is InChI=1S/C14H19NO4S/c1-18-12-5-3-4-11(15-12)9-20(17)10-14(6-7-14)8-13(16)19-2/h3-5H,6-10H2,1-2H3. The van der Waals surface area contributed by atoms with Crippen LogP contribution in [0.3, 0.4) is 0 Å². The number of esters is 1. The lowest BCUT2D eigenvalue weighted by molar-refractivity contribution is -0.141. The quantitative estimate of drug-likeness (QED) is 0.716. The van der Waals surface area contributed by atoms with Crippen molar-refractivity contribution in [3.8, 4) is 5.88 Å². The summed E-state index contributed by atoms with van der Waals surface area (Å²) in [7, 11) is 1.91. The summed E-state index contributed by atoms with van der Waals surface area (Å²) in [4.78, 5) is 15.6. The van der Waals surface area contributed by atoms with E-state index in [0.29, 0.717) is 23.8 Å². The van der Waals surface area contributed by atoms with Gasteiger partial charge in [0, 0.05) is 22.6 Å². The number of carbonyl (C=O) groups is 1. The molecule has 0 spiro atoms. The second-order valence-corrected chi connectivity index (χ2v) is 6.61. The van der Waals surface area contributed by atoms with E-state index in [0.717, 1.165) is 18.5 Å². The van der Waals surface area contributed by atoms with Gasteiger partial charge in [0.25, 0.3) is 0 Å². The molecule has 0 N–H and O–H groups in total. The lowest BCUT2D eigenvalue weighted by atomic mass is 10.1. The Morgan fingerprint density at radius 3 is 2.75 bits per heavy atom. The van der Waals surface area contributed by atoms with Crippen LogP contribution in [0.1, 0.15) is 25.0 Å². The van der Waals surface area contributed by atoms with Crippen molar-refractivity contribution in [2.24, 2.45) is 5.41 Å². The van der Waals surface area contributed by atoms with Gasteiger partial charge in [-0.25, -0.2) is 4.98 Å². The highest BCUT2D eigenvalue weighted by atomic mass is 32.2. The number of hydrogen-bond donors (Lipinski definition) is 0. The van der Waals surface area contributed by atoms with Gasteiger partial charge in [-0.3, -0.25) is 9.00 Å². The van der Waals surface area contributed by atoms with Gasteiger partial charge >= 0.3 is 5.97 Å². The molecule has 1 aliphatic rings. The van der Waals surface area contributed by atoms with Gasteiger partial charge in [0.1, 0.15) is 0 Å². The van der Waals surface area contributed by atoms with Crippen LogP contribution in [0.2, 0.25) is 0 Å². The molecule has 110 valence electrons. The molecule has 1 heterocycles. The third-order valence-corrected chi connectivity index (χ3v) is 5.02. The third kappa shape index (κ3) is 4.03. The van der Waals surface area contributed by atoms with Gasteiger partial charge in [0.05, 0.1) is 32.1 Å². The van der Waals surface area contributed by atoms with Crippen LogP contribution >= 0.6 is 0 Å². The lowest BCUT2D eigenvalue weighted by Crippen LogP contribution is -2.18. The summed E-state index contributed by atoms with van der Waals surface area (Å²) in [5.41, 5.74) is 0.633. The molecular formula is C14H19NO4S. The Balaban J connectivity index is 1.90. The zero-order valence-corrected chi connectivity index (χ0v) is 12.6. The number of ether oxygens (including phenoxy) is 2. The summed E-state index contributed by atoms with van der Waals surface area (Å²) in [6, 6.07) is 5.42. The van der Waals surface area contributed by atoms with Crippen molar-refractivity contribution in [1.82, 2.24) is 4.98 Å². The van der Waals surface area contributed by atoms with Crippen LogP contribution in [0.25, 0.3) is 0 Å². The van der Waals surface area contributed by atoms with Crippen molar-refractivity contribution in [1.29, 1.82) is 0 Å². The molecule has 1 atom stereocenters. The van der Waals surface area contributed by atoms with E-state index in [2.05, 4.69) is 9.72 Å². The van der Waals surface area contributed by atoms with Gasteiger partial charge in [-0.2, -0.15) is 0 Å². The molecule has 1 aromatic rings. The molecule has 0 amide bonds. The smallest absolute Gasteiger partial charge is 0.306 e. The van der Waals surface area contributed by atoms with Crippen molar-refractivity contribution in [2.45, 2.75) is 25.0 Å². The molecule has 1 unspecified atom stereocenters. The van der Waals surface area contributed by atoms with Gasteiger partial charge in [0.2, 0.25) is 5.88 Å². The fraction of sp³-hybridized carbons (Fsp3) is 0.571. The van der Waals surface area contributed by atoms with Gasteiger partial charge in [0.15, 0.2) is 0 Å². The maximum absolute atomic E-state index is 12.2. The van der Waals surface area contributed by atoms with Gasteiger partial charge in [-0.1, -0.05) is 6.07 Å². The highest BCUT2D eigenvalue weighted by Gasteiger charge is 2.45. The number of rotatable bonds is 7. The highest BCUT2D eigenvalue weighted by Crippen LogP contribution is 2.49. The Bertz CT molecular complexity index is 514. The predicted octanol–water partition coefficient (Wildman–Crippen LogP) is 1.68. The van der Waals surface area contributed by atoms with Crippen LogP contribution < -0.4 is 4.74 Å². The Morgan fingerprint density at radius 2 is 2.15 bits per heavy atom. The third-order valence-electron chi connectivity index (χ3n) is 3.47. The van der Waals surface area contributed by atoms with Gasteiger partial charge in [-0.05, 0) is 24.3 Å².